The van der Waals surface area contributed by atoms with Crippen LogP contribution >= 0.6 is 11.6 Å². The molecule has 0 radical (unpaired) electrons. The molecule has 0 saturated carbocycles. The molecule has 0 bridgehead atoms. The molecule has 0 aliphatic rings. The van der Waals surface area contributed by atoms with Crippen LogP contribution in [0, 0.1) is 0 Å². The van der Waals surface area contributed by atoms with Crippen LogP contribution in [0.1, 0.15) is 29.6 Å². The molecule has 1 aromatic carbocycles. The zero-order chi connectivity index (χ0) is 16.7. The lowest BCUT2D eigenvalue weighted by Crippen LogP contribution is -3.00. The van der Waals surface area contributed by atoms with Crippen molar-refractivity contribution in [3.63, 3.8) is 0 Å². The largest absolute Gasteiger partial charge is 1.00 e. The van der Waals surface area contributed by atoms with Crippen LogP contribution in [-0.2, 0) is 11.3 Å². The van der Waals surface area contributed by atoms with Gasteiger partial charge in [0.2, 0.25) is 5.91 Å². The highest BCUT2D eigenvalue weighted by Crippen LogP contribution is 2.20. The molecule has 1 heterocycles. The van der Waals surface area contributed by atoms with Gasteiger partial charge in [-0.05, 0) is 24.6 Å². The SMILES string of the molecule is O=C(CCCC[n+]1ccccc1)Nc1ccc(Cl)c(C(=O)O)c1.[Br-]. The number of benzene rings is 1. The zero-order valence-corrected chi connectivity index (χ0v) is 15.3. The van der Waals surface area contributed by atoms with Crippen LogP contribution in [0.2, 0.25) is 5.02 Å². The van der Waals surface area contributed by atoms with Crippen LogP contribution in [0.3, 0.4) is 0 Å². The minimum atomic E-state index is -1.12. The predicted molar refractivity (Wildman–Crippen MR) is 87.5 cm³/mol. The van der Waals surface area contributed by atoms with Crippen LogP contribution in [0.5, 0.6) is 0 Å². The first-order chi connectivity index (χ1) is 11.1. The van der Waals surface area contributed by atoms with Gasteiger partial charge < -0.3 is 27.4 Å². The van der Waals surface area contributed by atoms with Crippen molar-refractivity contribution in [1.29, 1.82) is 0 Å². The second-order valence-corrected chi connectivity index (χ2v) is 5.53. The lowest BCUT2D eigenvalue weighted by atomic mass is 10.2. The fraction of sp³-hybridized carbons (Fsp3) is 0.235. The molecule has 1 aromatic heterocycles. The molecule has 128 valence electrons. The summed E-state index contributed by atoms with van der Waals surface area (Å²) in [6.45, 7) is 0.859. The summed E-state index contributed by atoms with van der Waals surface area (Å²) in [4.78, 5) is 22.9. The summed E-state index contributed by atoms with van der Waals surface area (Å²) >= 11 is 5.79. The van der Waals surface area contributed by atoms with E-state index in [1.807, 2.05) is 30.6 Å². The summed E-state index contributed by atoms with van der Waals surface area (Å²) < 4.78 is 2.07. The van der Waals surface area contributed by atoms with Crippen molar-refractivity contribution < 1.29 is 36.2 Å². The van der Waals surface area contributed by atoms with Crippen molar-refractivity contribution in [2.45, 2.75) is 25.8 Å². The highest BCUT2D eigenvalue weighted by Gasteiger charge is 2.11. The number of aromatic nitrogens is 1. The molecule has 0 aliphatic heterocycles. The third-order valence-electron chi connectivity index (χ3n) is 3.33. The van der Waals surface area contributed by atoms with Gasteiger partial charge in [0.1, 0.15) is 6.54 Å². The van der Waals surface area contributed by atoms with Crippen molar-refractivity contribution in [2.24, 2.45) is 0 Å². The van der Waals surface area contributed by atoms with Crippen molar-refractivity contribution in [3.8, 4) is 0 Å². The third-order valence-corrected chi connectivity index (χ3v) is 3.66. The van der Waals surface area contributed by atoms with E-state index in [1.54, 1.807) is 6.07 Å². The minimum absolute atomic E-state index is 0. The number of nitrogens with zero attached hydrogens (tertiary/aromatic N) is 1. The van der Waals surface area contributed by atoms with Gasteiger partial charge in [0, 0.05) is 30.7 Å². The maximum atomic E-state index is 11.9. The van der Waals surface area contributed by atoms with E-state index < -0.39 is 5.97 Å². The van der Waals surface area contributed by atoms with Gasteiger partial charge in [-0.2, -0.15) is 0 Å². The molecule has 0 saturated heterocycles. The number of hydrogen-bond acceptors (Lipinski definition) is 2. The maximum Gasteiger partial charge on any atom is 0.337 e. The first-order valence-corrected chi connectivity index (χ1v) is 7.71. The number of carbonyl (C=O) groups is 2. The van der Waals surface area contributed by atoms with Crippen molar-refractivity contribution in [3.05, 3.63) is 59.4 Å². The monoisotopic (exact) mass is 412 g/mol. The van der Waals surface area contributed by atoms with Gasteiger partial charge in [-0.3, -0.25) is 4.79 Å². The molecule has 5 nitrogen and oxygen atoms in total. The second-order valence-electron chi connectivity index (χ2n) is 5.12. The van der Waals surface area contributed by atoms with Gasteiger partial charge in [-0.25, -0.2) is 9.36 Å². The third kappa shape index (κ3) is 6.29. The maximum absolute atomic E-state index is 11.9. The van der Waals surface area contributed by atoms with E-state index in [2.05, 4.69) is 9.88 Å². The number of nitrogens with one attached hydrogen (secondary N) is 1. The Kier molecular flexibility index (Phi) is 8.43. The Morgan fingerprint density at radius 3 is 2.50 bits per heavy atom. The first kappa shape index (κ1) is 20.1. The average Bonchev–Trinajstić information content (AvgIpc) is 2.54. The molecule has 2 N–H and O–H groups in total. The Morgan fingerprint density at radius 2 is 1.83 bits per heavy atom. The molecule has 0 spiro atoms. The Hall–Kier alpha value is -1.92. The number of amides is 1. The van der Waals surface area contributed by atoms with E-state index in [9.17, 15) is 9.59 Å². The summed E-state index contributed by atoms with van der Waals surface area (Å²) in [6, 6.07) is 10.3. The number of carboxylic acid groups (broad SMARTS) is 1. The smallest absolute Gasteiger partial charge is 0.337 e. The molecule has 0 unspecified atom stereocenters. The normalized spacial score (nSPS) is 9.88. The molecule has 0 atom stereocenters. The lowest BCUT2D eigenvalue weighted by molar-refractivity contribution is -0.697. The molecule has 1 amide bonds. The molecule has 2 rings (SSSR count). The van der Waals surface area contributed by atoms with Gasteiger partial charge in [0.05, 0.1) is 10.6 Å². The number of carbonyl (C=O) groups excluding carboxylic acids is 1. The summed E-state index contributed by atoms with van der Waals surface area (Å²) in [5, 5.41) is 11.9. The van der Waals surface area contributed by atoms with Crippen molar-refractivity contribution in [1.82, 2.24) is 0 Å². The van der Waals surface area contributed by atoms with E-state index in [0.29, 0.717) is 12.1 Å². The van der Waals surface area contributed by atoms with E-state index in [1.165, 1.54) is 12.1 Å². The summed E-state index contributed by atoms with van der Waals surface area (Å²) in [5.74, 6) is -1.26. The summed E-state index contributed by atoms with van der Waals surface area (Å²) in [5.41, 5.74) is 0.416. The number of halogens is 2. The number of rotatable bonds is 7. The molecule has 7 heteroatoms. The van der Waals surface area contributed by atoms with Crippen LogP contribution < -0.4 is 26.9 Å². The Morgan fingerprint density at radius 1 is 1.12 bits per heavy atom. The van der Waals surface area contributed by atoms with Crippen LogP contribution in [0.25, 0.3) is 0 Å². The van der Waals surface area contributed by atoms with E-state index in [-0.39, 0.29) is 33.5 Å². The minimum Gasteiger partial charge on any atom is -1.00 e. The zero-order valence-electron chi connectivity index (χ0n) is 12.9. The number of carboxylic acids is 1. The number of aromatic carboxylic acids is 1. The molecular formula is C17H18BrClN2O3. The van der Waals surface area contributed by atoms with Crippen LogP contribution in [0.15, 0.2) is 48.8 Å². The standard InChI is InChI=1S/C17H17ClN2O3.BrH/c18-15-8-7-13(12-14(15)17(22)23)19-16(21)6-2-5-11-20-9-3-1-4-10-20;/h1,3-4,7-10,12H,2,5-6,11H2,(H-,19,21,22,23);1H. The van der Waals surface area contributed by atoms with Crippen molar-refractivity contribution in [2.75, 3.05) is 5.32 Å². The Labute approximate surface area is 156 Å². The Bertz CT molecular complexity index is 695. The molecular weight excluding hydrogens is 396 g/mol. The van der Waals surface area contributed by atoms with Gasteiger partial charge in [-0.15, -0.1) is 0 Å². The number of unbranched alkanes of at least 4 members (excludes halogenated alkanes) is 1. The van der Waals surface area contributed by atoms with Crippen LogP contribution in [-0.4, -0.2) is 17.0 Å². The predicted octanol–water partition coefficient (Wildman–Crippen LogP) is 0.139. The highest BCUT2D eigenvalue weighted by molar-refractivity contribution is 6.33. The van der Waals surface area contributed by atoms with E-state index in [0.717, 1.165) is 19.4 Å². The quantitative estimate of drug-likeness (QED) is 0.501. The number of anilines is 1. The molecule has 0 aliphatic carbocycles. The van der Waals surface area contributed by atoms with Gasteiger partial charge >= 0.3 is 5.97 Å². The first-order valence-electron chi connectivity index (χ1n) is 7.33. The van der Waals surface area contributed by atoms with E-state index >= 15 is 0 Å². The summed E-state index contributed by atoms with van der Waals surface area (Å²) in [6.07, 6.45) is 6.01. The Balaban J connectivity index is 0.00000288. The number of aryl methyl sites for hydroxylation is 1. The lowest BCUT2D eigenvalue weighted by Gasteiger charge is -2.07. The fourth-order valence-corrected chi connectivity index (χ4v) is 2.35. The molecule has 2 aromatic rings. The van der Waals surface area contributed by atoms with Gasteiger partial charge in [0.15, 0.2) is 12.4 Å². The van der Waals surface area contributed by atoms with Crippen molar-refractivity contribution >= 4 is 29.2 Å². The van der Waals surface area contributed by atoms with Gasteiger partial charge in [-0.1, -0.05) is 17.7 Å². The molecule has 24 heavy (non-hydrogen) atoms. The topological polar surface area (TPSA) is 70.3 Å². The fourth-order valence-electron chi connectivity index (χ4n) is 2.15. The second kappa shape index (κ2) is 10.1. The molecule has 0 fully saturated rings. The average molecular weight is 414 g/mol. The van der Waals surface area contributed by atoms with Gasteiger partial charge in [0.25, 0.3) is 0 Å². The summed E-state index contributed by atoms with van der Waals surface area (Å²) in [7, 11) is 0. The number of pyridine rings is 1. The van der Waals surface area contributed by atoms with E-state index in [4.69, 9.17) is 16.7 Å². The number of hydrogen-bond donors (Lipinski definition) is 2. The van der Waals surface area contributed by atoms with Crippen LogP contribution in [0.4, 0.5) is 5.69 Å². The highest BCUT2D eigenvalue weighted by atomic mass is 79.9.